The molecule has 1 saturated heterocycles. The number of piperazine rings is 1. The van der Waals surface area contributed by atoms with Gasteiger partial charge in [0, 0.05) is 19.5 Å². The molecule has 2 aliphatic heterocycles. The normalized spacial score (nSPS) is 18.9. The topological polar surface area (TPSA) is 114 Å². The van der Waals surface area contributed by atoms with Crippen LogP contribution in [-0.4, -0.2) is 51.3 Å². The smallest absolute Gasteiger partial charge is 0.247 e. The van der Waals surface area contributed by atoms with Crippen molar-refractivity contribution in [2.24, 2.45) is 5.92 Å². The van der Waals surface area contributed by atoms with Crippen molar-refractivity contribution in [1.29, 1.82) is 5.26 Å². The maximum Gasteiger partial charge on any atom is 0.247 e. The first-order valence-corrected chi connectivity index (χ1v) is 14.0. The van der Waals surface area contributed by atoms with E-state index in [1.165, 1.54) is 4.90 Å². The molecule has 3 atom stereocenters. The molecule has 1 unspecified atom stereocenters. The minimum absolute atomic E-state index is 0.104. The van der Waals surface area contributed by atoms with Crippen molar-refractivity contribution >= 4 is 17.7 Å². The van der Waals surface area contributed by atoms with Gasteiger partial charge in [-0.3, -0.25) is 14.4 Å². The number of carbonyl (C=O) groups excluding carboxylic acids is 3. The molecule has 5 rings (SSSR count). The number of nitrogens with zero attached hydrogens (tertiary/aromatic N) is 3. The molecule has 8 nitrogen and oxygen atoms in total. The Bertz CT molecular complexity index is 1480. The van der Waals surface area contributed by atoms with Gasteiger partial charge in [-0.05, 0) is 65.3 Å². The number of fused-ring (bicyclic) bond motifs is 2. The number of amides is 3. The molecule has 0 aliphatic carbocycles. The van der Waals surface area contributed by atoms with Crippen LogP contribution < -0.4 is 5.32 Å². The van der Waals surface area contributed by atoms with Crippen LogP contribution in [0.3, 0.4) is 0 Å². The average molecular weight is 551 g/mol. The largest absolute Gasteiger partial charge is 0.508 e. The molecule has 0 saturated carbocycles. The number of nitriles is 1. The third kappa shape index (κ3) is 5.80. The molecule has 0 bridgehead atoms. The van der Waals surface area contributed by atoms with E-state index in [2.05, 4.69) is 11.4 Å². The monoisotopic (exact) mass is 550 g/mol. The van der Waals surface area contributed by atoms with Gasteiger partial charge in [0.05, 0.1) is 11.6 Å². The van der Waals surface area contributed by atoms with Gasteiger partial charge in [0.25, 0.3) is 0 Å². The summed E-state index contributed by atoms with van der Waals surface area (Å²) in [4.78, 5) is 45.6. The maximum absolute atomic E-state index is 14.4. The molecule has 0 radical (unpaired) electrons. The first-order valence-electron chi connectivity index (χ1n) is 14.0. The Balaban J connectivity index is 1.50. The summed E-state index contributed by atoms with van der Waals surface area (Å²) < 4.78 is 0. The summed E-state index contributed by atoms with van der Waals surface area (Å²) >= 11 is 0. The lowest BCUT2D eigenvalue weighted by atomic mass is 9.86. The Morgan fingerprint density at radius 1 is 1.00 bits per heavy atom. The zero-order valence-electron chi connectivity index (χ0n) is 23.3. The molecular formula is C33H34N4O4. The minimum Gasteiger partial charge on any atom is -0.508 e. The quantitative estimate of drug-likeness (QED) is 0.442. The summed E-state index contributed by atoms with van der Waals surface area (Å²) in [6, 6.07) is 20.8. The van der Waals surface area contributed by atoms with Gasteiger partial charge in [-0.25, -0.2) is 0 Å². The Morgan fingerprint density at radius 3 is 2.34 bits per heavy atom. The second-order valence-electron chi connectivity index (χ2n) is 11.2. The molecule has 2 aliphatic rings. The Morgan fingerprint density at radius 2 is 1.68 bits per heavy atom. The minimum atomic E-state index is -1.04. The van der Waals surface area contributed by atoms with Crippen LogP contribution >= 0.6 is 0 Å². The van der Waals surface area contributed by atoms with Crippen LogP contribution in [0.15, 0.2) is 72.8 Å². The van der Waals surface area contributed by atoms with E-state index in [-0.39, 0.29) is 29.4 Å². The van der Waals surface area contributed by atoms with Gasteiger partial charge in [-0.2, -0.15) is 5.26 Å². The summed E-state index contributed by atoms with van der Waals surface area (Å²) in [6.45, 7) is 4.68. The fraction of sp³-hybridized carbons (Fsp3) is 0.333. The molecule has 1 fully saturated rings. The van der Waals surface area contributed by atoms with Crippen LogP contribution in [0.4, 0.5) is 0 Å². The summed E-state index contributed by atoms with van der Waals surface area (Å²) in [5.74, 6) is -0.497. The van der Waals surface area contributed by atoms with E-state index in [0.717, 1.165) is 16.7 Å². The molecule has 8 heteroatoms. The predicted molar refractivity (Wildman–Crippen MR) is 153 cm³/mol. The highest BCUT2D eigenvalue weighted by molar-refractivity contribution is 6.00. The zero-order chi connectivity index (χ0) is 29.1. The Kier molecular flexibility index (Phi) is 8.06. The lowest BCUT2D eigenvalue weighted by molar-refractivity contribution is -0.168. The van der Waals surface area contributed by atoms with E-state index in [1.807, 2.05) is 38.1 Å². The van der Waals surface area contributed by atoms with Crippen molar-refractivity contribution in [1.82, 2.24) is 15.1 Å². The van der Waals surface area contributed by atoms with Crippen LogP contribution in [0.1, 0.15) is 54.1 Å². The zero-order valence-corrected chi connectivity index (χ0v) is 23.3. The van der Waals surface area contributed by atoms with Crippen LogP contribution in [0, 0.1) is 17.2 Å². The SMILES string of the molecule is CC(C)C[C@H]1C(=O)N2Cc3ccccc3C[C@H]2C(=O)N1C(C(=O)NCCc1ccc(O)cc1)c1ccc(C#N)cc1. The summed E-state index contributed by atoms with van der Waals surface area (Å²) in [7, 11) is 0. The van der Waals surface area contributed by atoms with Gasteiger partial charge in [0.2, 0.25) is 17.7 Å². The first-order chi connectivity index (χ1) is 19.8. The third-order valence-corrected chi connectivity index (χ3v) is 7.92. The fourth-order valence-electron chi connectivity index (χ4n) is 5.85. The van der Waals surface area contributed by atoms with Gasteiger partial charge in [0.1, 0.15) is 23.9 Å². The third-order valence-electron chi connectivity index (χ3n) is 7.92. The second-order valence-corrected chi connectivity index (χ2v) is 11.2. The van der Waals surface area contributed by atoms with Gasteiger partial charge >= 0.3 is 0 Å². The summed E-state index contributed by atoms with van der Waals surface area (Å²) in [6.07, 6.45) is 1.35. The lowest BCUT2D eigenvalue weighted by Gasteiger charge is -2.49. The maximum atomic E-state index is 14.4. The number of nitrogens with one attached hydrogen (secondary N) is 1. The van der Waals surface area contributed by atoms with Crippen molar-refractivity contribution in [3.05, 3.63) is 101 Å². The predicted octanol–water partition coefficient (Wildman–Crippen LogP) is 3.87. The second kappa shape index (κ2) is 11.8. The van der Waals surface area contributed by atoms with Gasteiger partial charge < -0.3 is 20.2 Å². The molecule has 0 aromatic heterocycles. The highest BCUT2D eigenvalue weighted by atomic mass is 16.3. The molecule has 210 valence electrons. The molecule has 3 amide bonds. The number of carbonyl (C=O) groups is 3. The molecule has 0 spiro atoms. The van der Waals surface area contributed by atoms with E-state index < -0.39 is 18.1 Å². The van der Waals surface area contributed by atoms with E-state index in [4.69, 9.17) is 0 Å². The Labute approximate surface area is 240 Å². The standard InChI is InChI=1S/C33H34N4O4/c1-21(2)17-29-32(40)36-20-26-6-4-3-5-25(26)18-28(36)33(41)37(29)30(24-11-7-23(19-34)8-12-24)31(39)35-16-15-22-9-13-27(38)14-10-22/h3-14,21,28-30,38H,15-18,20H2,1-2H3,(H,35,39)/t28-,29-,30?/m0/s1. The highest BCUT2D eigenvalue weighted by Crippen LogP contribution is 2.36. The van der Waals surface area contributed by atoms with Crippen LogP contribution in [0.25, 0.3) is 0 Å². The number of rotatable bonds is 8. The number of hydrogen-bond donors (Lipinski definition) is 2. The lowest BCUT2D eigenvalue weighted by Crippen LogP contribution is -2.67. The molecule has 2 heterocycles. The van der Waals surface area contributed by atoms with Gasteiger partial charge in [0.15, 0.2) is 0 Å². The molecule has 2 N–H and O–H groups in total. The molecular weight excluding hydrogens is 516 g/mol. The van der Waals surface area contributed by atoms with Gasteiger partial charge in [-0.1, -0.05) is 62.4 Å². The summed E-state index contributed by atoms with van der Waals surface area (Å²) in [5.41, 5.74) is 4.00. The number of aromatic hydroxyl groups is 1. The van der Waals surface area contributed by atoms with Crippen LogP contribution in [0.2, 0.25) is 0 Å². The van der Waals surface area contributed by atoms with E-state index in [0.29, 0.717) is 43.5 Å². The Hall–Kier alpha value is -4.64. The van der Waals surface area contributed by atoms with Crippen LogP contribution in [-0.2, 0) is 33.8 Å². The van der Waals surface area contributed by atoms with Crippen molar-refractivity contribution in [3.63, 3.8) is 0 Å². The van der Waals surface area contributed by atoms with Crippen LogP contribution in [0.5, 0.6) is 5.75 Å². The summed E-state index contributed by atoms with van der Waals surface area (Å²) in [5, 5.41) is 21.9. The van der Waals surface area contributed by atoms with Crippen molar-refractivity contribution in [3.8, 4) is 11.8 Å². The average Bonchev–Trinajstić information content (AvgIpc) is 2.98. The number of hydrogen-bond acceptors (Lipinski definition) is 5. The number of phenols is 1. The molecule has 41 heavy (non-hydrogen) atoms. The highest BCUT2D eigenvalue weighted by Gasteiger charge is 2.51. The van der Waals surface area contributed by atoms with Crippen molar-refractivity contribution < 1.29 is 19.5 Å². The first kappa shape index (κ1) is 27.9. The number of benzene rings is 3. The van der Waals surface area contributed by atoms with E-state index in [1.54, 1.807) is 53.4 Å². The van der Waals surface area contributed by atoms with Gasteiger partial charge in [-0.15, -0.1) is 0 Å². The van der Waals surface area contributed by atoms with E-state index >= 15 is 0 Å². The van der Waals surface area contributed by atoms with Crippen molar-refractivity contribution in [2.45, 2.75) is 57.8 Å². The number of phenolic OH excluding ortho intramolecular Hbond substituents is 1. The molecule has 3 aromatic rings. The fourth-order valence-corrected chi connectivity index (χ4v) is 5.85. The van der Waals surface area contributed by atoms with Crippen molar-refractivity contribution in [2.75, 3.05) is 6.54 Å². The molecule has 3 aromatic carbocycles. The van der Waals surface area contributed by atoms with E-state index in [9.17, 15) is 24.8 Å².